The second kappa shape index (κ2) is 6.20. The molecule has 3 atom stereocenters. The first kappa shape index (κ1) is 14.1. The molecule has 0 saturated carbocycles. The minimum Gasteiger partial charge on any atom is -0.341 e. The van der Waals surface area contributed by atoms with Gasteiger partial charge in [0, 0.05) is 19.1 Å². The molecule has 3 nitrogen and oxygen atoms in total. The quantitative estimate of drug-likeness (QED) is 0.903. The van der Waals surface area contributed by atoms with E-state index in [0.717, 1.165) is 24.9 Å². The Morgan fingerprint density at radius 3 is 2.63 bits per heavy atom. The number of nitrogens with two attached hydrogens (primary N) is 1. The van der Waals surface area contributed by atoms with E-state index in [-0.39, 0.29) is 17.9 Å². The second-order valence-corrected chi connectivity index (χ2v) is 5.61. The smallest absolute Gasteiger partial charge is 0.230 e. The molecule has 0 radical (unpaired) electrons. The molecule has 2 N–H and O–H groups in total. The molecule has 3 unspecified atom stereocenters. The van der Waals surface area contributed by atoms with Gasteiger partial charge in [0.15, 0.2) is 0 Å². The summed E-state index contributed by atoms with van der Waals surface area (Å²) in [5, 5.41) is 0. The zero-order valence-corrected chi connectivity index (χ0v) is 11.9. The van der Waals surface area contributed by atoms with Crippen LogP contribution < -0.4 is 5.73 Å². The van der Waals surface area contributed by atoms with Gasteiger partial charge in [-0.05, 0) is 17.9 Å². The third-order valence-corrected chi connectivity index (χ3v) is 4.17. The van der Waals surface area contributed by atoms with Gasteiger partial charge in [-0.15, -0.1) is 0 Å². The van der Waals surface area contributed by atoms with Crippen LogP contribution in [0.1, 0.15) is 38.2 Å². The Balaban J connectivity index is 2.21. The van der Waals surface area contributed by atoms with Gasteiger partial charge >= 0.3 is 0 Å². The largest absolute Gasteiger partial charge is 0.341 e. The first-order valence-electron chi connectivity index (χ1n) is 7.22. The first-order valence-corrected chi connectivity index (χ1v) is 7.22. The summed E-state index contributed by atoms with van der Waals surface area (Å²) in [6.45, 7) is 5.81. The van der Waals surface area contributed by atoms with Gasteiger partial charge in [0.05, 0.1) is 5.92 Å². The topological polar surface area (TPSA) is 46.3 Å². The molecule has 1 amide bonds. The van der Waals surface area contributed by atoms with Crippen molar-refractivity contribution in [2.75, 3.05) is 13.1 Å². The fourth-order valence-corrected chi connectivity index (χ4v) is 2.79. The zero-order valence-electron chi connectivity index (χ0n) is 11.9. The van der Waals surface area contributed by atoms with Crippen LogP contribution in [0.4, 0.5) is 0 Å². The van der Waals surface area contributed by atoms with E-state index >= 15 is 0 Å². The molecule has 0 bridgehead atoms. The maximum Gasteiger partial charge on any atom is 0.230 e. The van der Waals surface area contributed by atoms with Crippen LogP contribution in [0, 0.1) is 5.92 Å². The fourth-order valence-electron chi connectivity index (χ4n) is 2.79. The van der Waals surface area contributed by atoms with Crippen molar-refractivity contribution < 1.29 is 4.79 Å². The molecule has 1 aromatic rings. The number of hydrogen-bond donors (Lipinski definition) is 1. The normalized spacial score (nSPS) is 22.3. The standard InChI is InChI=1S/C16H24N2O/c1-3-12(2)15(13-7-5-4-6-8-13)16(19)18-10-9-14(17)11-18/h4-8,12,14-15H,3,9-11,17H2,1-2H3. The van der Waals surface area contributed by atoms with Gasteiger partial charge in [0.2, 0.25) is 5.91 Å². The molecule has 0 aliphatic carbocycles. The summed E-state index contributed by atoms with van der Waals surface area (Å²) in [6.07, 6.45) is 1.93. The molecular weight excluding hydrogens is 236 g/mol. The van der Waals surface area contributed by atoms with Crippen molar-refractivity contribution >= 4 is 5.91 Å². The number of carbonyl (C=O) groups excluding carboxylic acids is 1. The van der Waals surface area contributed by atoms with Gasteiger partial charge in [-0.1, -0.05) is 50.6 Å². The van der Waals surface area contributed by atoms with Crippen LogP contribution in [-0.4, -0.2) is 29.9 Å². The molecule has 1 saturated heterocycles. The van der Waals surface area contributed by atoms with Gasteiger partial charge in [0.1, 0.15) is 0 Å². The Hall–Kier alpha value is -1.35. The van der Waals surface area contributed by atoms with Crippen molar-refractivity contribution in [2.45, 2.75) is 38.6 Å². The third-order valence-electron chi connectivity index (χ3n) is 4.17. The summed E-state index contributed by atoms with van der Waals surface area (Å²) in [6, 6.07) is 10.3. The van der Waals surface area contributed by atoms with Gasteiger partial charge < -0.3 is 10.6 Å². The molecule has 19 heavy (non-hydrogen) atoms. The molecule has 1 aliphatic heterocycles. The van der Waals surface area contributed by atoms with Gasteiger partial charge in [-0.2, -0.15) is 0 Å². The number of nitrogens with zero attached hydrogens (tertiary/aromatic N) is 1. The summed E-state index contributed by atoms with van der Waals surface area (Å²) >= 11 is 0. The highest BCUT2D eigenvalue weighted by Gasteiger charge is 2.32. The predicted molar refractivity (Wildman–Crippen MR) is 77.8 cm³/mol. The van der Waals surface area contributed by atoms with Gasteiger partial charge in [-0.3, -0.25) is 4.79 Å². The van der Waals surface area contributed by atoms with Crippen LogP contribution in [-0.2, 0) is 4.79 Å². The average molecular weight is 260 g/mol. The molecule has 1 aliphatic rings. The van der Waals surface area contributed by atoms with E-state index < -0.39 is 0 Å². The van der Waals surface area contributed by atoms with E-state index in [9.17, 15) is 4.79 Å². The van der Waals surface area contributed by atoms with E-state index in [1.807, 2.05) is 23.1 Å². The van der Waals surface area contributed by atoms with Crippen LogP contribution in [0.5, 0.6) is 0 Å². The highest BCUT2D eigenvalue weighted by molar-refractivity contribution is 5.84. The number of benzene rings is 1. The van der Waals surface area contributed by atoms with Crippen LogP contribution in [0.25, 0.3) is 0 Å². The lowest BCUT2D eigenvalue weighted by Gasteiger charge is -2.27. The molecule has 2 rings (SSSR count). The van der Waals surface area contributed by atoms with Crippen LogP contribution >= 0.6 is 0 Å². The van der Waals surface area contributed by atoms with Crippen molar-refractivity contribution in [1.82, 2.24) is 4.90 Å². The lowest BCUT2D eigenvalue weighted by Crippen LogP contribution is -2.37. The molecule has 0 spiro atoms. The summed E-state index contributed by atoms with van der Waals surface area (Å²) in [5.74, 6) is 0.566. The van der Waals surface area contributed by atoms with Crippen molar-refractivity contribution in [3.05, 3.63) is 35.9 Å². The van der Waals surface area contributed by atoms with Crippen molar-refractivity contribution in [1.29, 1.82) is 0 Å². The second-order valence-electron chi connectivity index (χ2n) is 5.61. The Morgan fingerprint density at radius 2 is 2.11 bits per heavy atom. The minimum atomic E-state index is -0.0310. The van der Waals surface area contributed by atoms with Crippen LogP contribution in [0.3, 0.4) is 0 Å². The molecule has 1 fully saturated rings. The number of carbonyl (C=O) groups is 1. The molecule has 104 valence electrons. The van der Waals surface area contributed by atoms with Gasteiger partial charge in [-0.25, -0.2) is 0 Å². The third kappa shape index (κ3) is 3.16. The number of likely N-dealkylation sites (tertiary alicyclic amines) is 1. The lowest BCUT2D eigenvalue weighted by molar-refractivity contribution is -0.133. The summed E-state index contributed by atoms with van der Waals surface area (Å²) in [5.41, 5.74) is 7.04. The number of amides is 1. The molecule has 1 aromatic carbocycles. The van der Waals surface area contributed by atoms with Crippen LogP contribution in [0.15, 0.2) is 30.3 Å². The Morgan fingerprint density at radius 1 is 1.42 bits per heavy atom. The monoisotopic (exact) mass is 260 g/mol. The van der Waals surface area contributed by atoms with Crippen molar-refractivity contribution in [3.8, 4) is 0 Å². The zero-order chi connectivity index (χ0) is 13.8. The number of hydrogen-bond acceptors (Lipinski definition) is 2. The number of rotatable bonds is 4. The Labute approximate surface area is 115 Å². The molecule has 0 aromatic heterocycles. The minimum absolute atomic E-state index is 0.0310. The van der Waals surface area contributed by atoms with Gasteiger partial charge in [0.25, 0.3) is 0 Å². The molecular formula is C16H24N2O. The summed E-state index contributed by atoms with van der Waals surface area (Å²) < 4.78 is 0. The summed E-state index contributed by atoms with van der Waals surface area (Å²) in [4.78, 5) is 14.7. The van der Waals surface area contributed by atoms with Crippen molar-refractivity contribution in [3.63, 3.8) is 0 Å². The molecule has 1 heterocycles. The highest BCUT2D eigenvalue weighted by atomic mass is 16.2. The SMILES string of the molecule is CCC(C)C(C(=O)N1CCC(N)C1)c1ccccc1. The highest BCUT2D eigenvalue weighted by Crippen LogP contribution is 2.30. The maximum atomic E-state index is 12.8. The van der Waals surface area contributed by atoms with E-state index in [1.165, 1.54) is 0 Å². The predicted octanol–water partition coefficient (Wildman–Crippen LogP) is 2.38. The molecule has 3 heteroatoms. The Bertz CT molecular complexity index is 418. The van der Waals surface area contributed by atoms with Crippen LogP contribution in [0.2, 0.25) is 0 Å². The van der Waals surface area contributed by atoms with E-state index in [1.54, 1.807) is 0 Å². The van der Waals surface area contributed by atoms with E-state index in [0.29, 0.717) is 12.5 Å². The van der Waals surface area contributed by atoms with E-state index in [2.05, 4.69) is 26.0 Å². The fraction of sp³-hybridized carbons (Fsp3) is 0.562. The van der Waals surface area contributed by atoms with E-state index in [4.69, 9.17) is 5.73 Å². The lowest BCUT2D eigenvalue weighted by atomic mass is 9.84. The Kier molecular flexibility index (Phi) is 4.59. The first-order chi connectivity index (χ1) is 9.13. The maximum absolute atomic E-state index is 12.8. The summed E-state index contributed by atoms with van der Waals surface area (Å²) in [7, 11) is 0. The van der Waals surface area contributed by atoms with Crippen molar-refractivity contribution in [2.24, 2.45) is 11.7 Å². The average Bonchev–Trinajstić information content (AvgIpc) is 2.86.